The lowest BCUT2D eigenvalue weighted by atomic mass is 10.2. The number of benzene rings is 1. The summed E-state index contributed by atoms with van der Waals surface area (Å²) in [6, 6.07) is 4.39. The molecule has 6 heteroatoms. The zero-order chi connectivity index (χ0) is 10.1. The van der Waals surface area contributed by atoms with Gasteiger partial charge in [-0.1, -0.05) is 17.7 Å². The Kier molecular flexibility index (Phi) is 2.52. The van der Waals surface area contributed by atoms with Crippen LogP contribution >= 0.6 is 27.5 Å². The molecular formula is C8H3BrClFN2O. The maximum atomic E-state index is 13.0. The maximum absolute atomic E-state index is 13.0. The molecule has 0 fully saturated rings. The van der Waals surface area contributed by atoms with Crippen LogP contribution in [0.3, 0.4) is 0 Å². The van der Waals surface area contributed by atoms with E-state index >= 15 is 0 Å². The fourth-order valence-corrected chi connectivity index (χ4v) is 1.42. The average Bonchev–Trinajstić information content (AvgIpc) is 2.57. The molecule has 2 aromatic rings. The predicted molar refractivity (Wildman–Crippen MR) is 52.4 cm³/mol. The minimum absolute atomic E-state index is 0.0244. The highest BCUT2D eigenvalue weighted by molar-refractivity contribution is 9.10. The van der Waals surface area contributed by atoms with Gasteiger partial charge in [-0.2, -0.15) is 0 Å². The molecule has 72 valence electrons. The first-order chi connectivity index (χ1) is 6.68. The predicted octanol–water partition coefficient (Wildman–Crippen LogP) is 3.29. The molecule has 0 aliphatic carbocycles. The Hall–Kier alpha value is -0.940. The van der Waals surface area contributed by atoms with Gasteiger partial charge in [0.25, 0.3) is 4.80 Å². The minimum atomic E-state index is -0.515. The molecule has 1 heterocycles. The quantitative estimate of drug-likeness (QED) is 0.803. The monoisotopic (exact) mass is 276 g/mol. The van der Waals surface area contributed by atoms with Gasteiger partial charge in [-0.05, 0) is 12.1 Å². The summed E-state index contributed by atoms with van der Waals surface area (Å²) in [6.07, 6.45) is 0. The zero-order valence-electron chi connectivity index (χ0n) is 6.67. The number of halogens is 3. The molecule has 0 saturated heterocycles. The normalized spacial score (nSPS) is 10.5. The summed E-state index contributed by atoms with van der Waals surface area (Å²) in [4.78, 5) is 0.229. The van der Waals surface area contributed by atoms with Gasteiger partial charge in [0, 0.05) is 15.9 Å². The van der Waals surface area contributed by atoms with Crippen molar-refractivity contribution in [3.63, 3.8) is 0 Å². The Morgan fingerprint density at radius 3 is 2.79 bits per heavy atom. The third-order valence-electron chi connectivity index (χ3n) is 1.58. The molecule has 1 aromatic carbocycles. The molecule has 14 heavy (non-hydrogen) atoms. The van der Waals surface area contributed by atoms with Gasteiger partial charge < -0.3 is 4.42 Å². The van der Waals surface area contributed by atoms with Gasteiger partial charge in [0.05, 0.1) is 10.6 Å². The van der Waals surface area contributed by atoms with E-state index in [4.69, 9.17) is 16.0 Å². The number of hydrogen-bond donors (Lipinski definition) is 0. The van der Waals surface area contributed by atoms with Crippen molar-refractivity contribution in [2.24, 2.45) is 0 Å². The highest BCUT2D eigenvalue weighted by Crippen LogP contribution is 2.29. The van der Waals surface area contributed by atoms with Gasteiger partial charge in [-0.3, -0.25) is 0 Å². The fraction of sp³-hybridized carbons (Fsp3) is 0. The van der Waals surface area contributed by atoms with Gasteiger partial charge in [0.15, 0.2) is 0 Å². The molecular weight excluding hydrogens is 274 g/mol. The molecule has 0 saturated carbocycles. The summed E-state index contributed by atoms with van der Waals surface area (Å²) in [5.74, 6) is -0.333. The number of aromatic nitrogens is 2. The first-order valence-electron chi connectivity index (χ1n) is 3.62. The van der Waals surface area contributed by atoms with E-state index in [1.807, 2.05) is 0 Å². The van der Waals surface area contributed by atoms with Crippen molar-refractivity contribution in [2.75, 3.05) is 0 Å². The van der Waals surface area contributed by atoms with Crippen molar-refractivity contribution in [3.05, 3.63) is 33.8 Å². The van der Waals surface area contributed by atoms with Crippen LogP contribution in [0, 0.1) is 5.82 Å². The van der Waals surface area contributed by atoms with Crippen LogP contribution in [0.1, 0.15) is 0 Å². The summed E-state index contributed by atoms with van der Waals surface area (Å²) >= 11 is 8.71. The third kappa shape index (κ3) is 1.65. The Bertz CT molecular complexity index is 474. The zero-order valence-corrected chi connectivity index (χ0v) is 9.01. The van der Waals surface area contributed by atoms with Crippen LogP contribution in [0.4, 0.5) is 4.39 Å². The number of rotatable bonds is 1. The fourth-order valence-electron chi connectivity index (χ4n) is 0.983. The van der Waals surface area contributed by atoms with Crippen molar-refractivity contribution in [2.45, 2.75) is 0 Å². The van der Waals surface area contributed by atoms with Crippen molar-refractivity contribution < 1.29 is 8.81 Å². The Morgan fingerprint density at radius 2 is 2.14 bits per heavy atom. The van der Waals surface area contributed by atoms with E-state index < -0.39 is 5.82 Å². The van der Waals surface area contributed by atoms with Gasteiger partial charge in [-0.15, -0.1) is 10.2 Å². The van der Waals surface area contributed by atoms with Gasteiger partial charge in [0.1, 0.15) is 5.82 Å². The summed E-state index contributed by atoms with van der Waals surface area (Å²) in [7, 11) is 0. The minimum Gasteiger partial charge on any atom is -0.411 e. The van der Waals surface area contributed by atoms with Crippen LogP contribution in [0.15, 0.2) is 27.4 Å². The van der Waals surface area contributed by atoms with Crippen molar-refractivity contribution >= 4 is 27.5 Å². The lowest BCUT2D eigenvalue weighted by Crippen LogP contribution is -1.83. The lowest BCUT2D eigenvalue weighted by Gasteiger charge is -1.98. The SMILES string of the molecule is Fc1cccc(-c2nnc(Br)o2)c1Cl. The lowest BCUT2D eigenvalue weighted by molar-refractivity contribution is 0.539. The molecule has 0 amide bonds. The standard InChI is InChI=1S/C8H3BrClFN2O/c9-8-13-12-7(14-8)4-2-1-3-5(11)6(4)10/h1-3H. The highest BCUT2D eigenvalue weighted by Gasteiger charge is 2.13. The van der Waals surface area contributed by atoms with Crippen LogP contribution in [-0.4, -0.2) is 10.2 Å². The molecule has 1 aromatic heterocycles. The van der Waals surface area contributed by atoms with Crippen LogP contribution in [0.25, 0.3) is 11.5 Å². The van der Waals surface area contributed by atoms with E-state index in [1.54, 1.807) is 6.07 Å². The summed E-state index contributed by atoms with van der Waals surface area (Å²) < 4.78 is 18.1. The second-order valence-corrected chi connectivity index (χ2v) is 3.52. The molecule has 0 aliphatic heterocycles. The maximum Gasteiger partial charge on any atom is 0.285 e. The largest absolute Gasteiger partial charge is 0.411 e. The van der Waals surface area contributed by atoms with E-state index in [0.717, 1.165) is 0 Å². The van der Waals surface area contributed by atoms with Crippen molar-refractivity contribution in [1.82, 2.24) is 10.2 Å². The summed E-state index contributed by atoms with van der Waals surface area (Å²) in [5.41, 5.74) is 0.380. The van der Waals surface area contributed by atoms with E-state index in [-0.39, 0.29) is 15.7 Å². The second-order valence-electron chi connectivity index (χ2n) is 2.46. The molecule has 3 nitrogen and oxygen atoms in total. The van der Waals surface area contributed by atoms with Crippen LogP contribution in [-0.2, 0) is 0 Å². The first-order valence-corrected chi connectivity index (χ1v) is 4.79. The van der Waals surface area contributed by atoms with Crippen molar-refractivity contribution in [1.29, 1.82) is 0 Å². The highest BCUT2D eigenvalue weighted by atomic mass is 79.9. The van der Waals surface area contributed by atoms with Gasteiger partial charge >= 0.3 is 0 Å². The van der Waals surface area contributed by atoms with E-state index in [9.17, 15) is 4.39 Å². The molecule has 0 unspecified atom stereocenters. The smallest absolute Gasteiger partial charge is 0.285 e. The second kappa shape index (κ2) is 3.67. The molecule has 0 N–H and O–H groups in total. The molecule has 0 aliphatic rings. The number of hydrogen-bond acceptors (Lipinski definition) is 3. The topological polar surface area (TPSA) is 38.9 Å². The number of nitrogens with zero attached hydrogens (tertiary/aromatic N) is 2. The van der Waals surface area contributed by atoms with Gasteiger partial charge in [-0.25, -0.2) is 4.39 Å². The molecule has 0 spiro atoms. The van der Waals surface area contributed by atoms with E-state index in [2.05, 4.69) is 26.1 Å². The average molecular weight is 277 g/mol. The summed E-state index contributed by atoms with van der Waals surface area (Å²) in [6.45, 7) is 0. The molecule has 0 radical (unpaired) electrons. The molecule has 2 rings (SSSR count). The van der Waals surface area contributed by atoms with Crippen LogP contribution in [0.2, 0.25) is 5.02 Å². The molecule has 0 bridgehead atoms. The van der Waals surface area contributed by atoms with Gasteiger partial charge in [0.2, 0.25) is 5.89 Å². The van der Waals surface area contributed by atoms with Crippen LogP contribution in [0.5, 0.6) is 0 Å². The van der Waals surface area contributed by atoms with E-state index in [0.29, 0.717) is 5.56 Å². The van der Waals surface area contributed by atoms with Crippen LogP contribution < -0.4 is 0 Å². The summed E-state index contributed by atoms with van der Waals surface area (Å²) in [5, 5.41) is 7.23. The Labute approximate surface area is 92.0 Å². The molecule has 0 atom stereocenters. The Balaban J connectivity index is 2.57. The third-order valence-corrected chi connectivity index (χ3v) is 2.29. The Morgan fingerprint density at radius 1 is 1.36 bits per heavy atom. The van der Waals surface area contributed by atoms with Crippen molar-refractivity contribution in [3.8, 4) is 11.5 Å². The first kappa shape index (κ1) is 9.61. The van der Waals surface area contributed by atoms with E-state index in [1.165, 1.54) is 12.1 Å².